The number of methoxy groups -OCH3 is 2. The first kappa shape index (κ1) is 12.9. The molecule has 1 rings (SSSR count). The molecule has 0 spiro atoms. The second-order valence-electron chi connectivity index (χ2n) is 3.60. The van der Waals surface area contributed by atoms with Crippen molar-refractivity contribution in [3.05, 3.63) is 29.3 Å². The van der Waals surface area contributed by atoms with E-state index in [0.717, 1.165) is 12.1 Å². The summed E-state index contributed by atoms with van der Waals surface area (Å²) in [6, 6.07) is 1.89. The molecule has 1 unspecified atom stereocenters. The van der Waals surface area contributed by atoms with E-state index >= 15 is 0 Å². The van der Waals surface area contributed by atoms with Crippen LogP contribution in [0.1, 0.15) is 12.5 Å². The SMILES string of the molecule is COc1cc(F)cc(F)c1C(C)(CN)OC. The minimum atomic E-state index is -1.04. The molecule has 0 aromatic heterocycles. The van der Waals surface area contributed by atoms with Crippen LogP contribution in [0, 0.1) is 11.6 Å². The first-order chi connectivity index (χ1) is 7.48. The van der Waals surface area contributed by atoms with Crippen molar-refractivity contribution in [2.45, 2.75) is 12.5 Å². The van der Waals surface area contributed by atoms with Crippen molar-refractivity contribution in [1.29, 1.82) is 0 Å². The van der Waals surface area contributed by atoms with Gasteiger partial charge in [-0.3, -0.25) is 0 Å². The van der Waals surface area contributed by atoms with E-state index in [4.69, 9.17) is 15.2 Å². The summed E-state index contributed by atoms with van der Waals surface area (Å²) >= 11 is 0. The maximum atomic E-state index is 13.7. The molecule has 0 saturated heterocycles. The quantitative estimate of drug-likeness (QED) is 0.859. The van der Waals surface area contributed by atoms with E-state index in [1.165, 1.54) is 14.2 Å². The fourth-order valence-electron chi connectivity index (χ4n) is 1.51. The molecule has 0 aliphatic heterocycles. The molecule has 0 saturated carbocycles. The lowest BCUT2D eigenvalue weighted by molar-refractivity contribution is 0.00511. The summed E-state index contributed by atoms with van der Waals surface area (Å²) in [5.74, 6) is -1.34. The standard InChI is InChI=1S/C11H15F2NO2/c1-11(6-14,16-3)10-8(13)4-7(12)5-9(10)15-2/h4-5H,6,14H2,1-3H3. The Labute approximate surface area is 93.2 Å². The number of ether oxygens (including phenoxy) is 2. The monoisotopic (exact) mass is 231 g/mol. The lowest BCUT2D eigenvalue weighted by Gasteiger charge is -2.28. The first-order valence-corrected chi connectivity index (χ1v) is 4.77. The van der Waals surface area contributed by atoms with E-state index in [9.17, 15) is 8.78 Å². The van der Waals surface area contributed by atoms with Crippen LogP contribution in [0.25, 0.3) is 0 Å². The number of rotatable bonds is 4. The number of halogens is 2. The Hall–Kier alpha value is -1.20. The lowest BCUT2D eigenvalue weighted by Crippen LogP contribution is -2.35. The third-order valence-corrected chi connectivity index (χ3v) is 2.61. The summed E-state index contributed by atoms with van der Waals surface area (Å²) in [5.41, 5.74) is 4.63. The summed E-state index contributed by atoms with van der Waals surface area (Å²) in [7, 11) is 2.75. The topological polar surface area (TPSA) is 44.5 Å². The van der Waals surface area contributed by atoms with Crippen molar-refractivity contribution in [1.82, 2.24) is 0 Å². The highest BCUT2D eigenvalue weighted by Gasteiger charge is 2.32. The van der Waals surface area contributed by atoms with Gasteiger partial charge in [-0.1, -0.05) is 0 Å². The fraction of sp³-hybridized carbons (Fsp3) is 0.455. The Balaban J connectivity index is 3.41. The average Bonchev–Trinajstić information content (AvgIpc) is 2.27. The fourth-order valence-corrected chi connectivity index (χ4v) is 1.51. The Morgan fingerprint density at radius 3 is 2.38 bits per heavy atom. The maximum absolute atomic E-state index is 13.7. The summed E-state index contributed by atoms with van der Waals surface area (Å²) in [5, 5.41) is 0. The predicted octanol–water partition coefficient (Wildman–Crippen LogP) is 1.79. The van der Waals surface area contributed by atoms with Crippen LogP contribution in [0.2, 0.25) is 0 Å². The summed E-state index contributed by atoms with van der Waals surface area (Å²) in [6.45, 7) is 1.67. The van der Waals surface area contributed by atoms with Crippen molar-refractivity contribution in [3.8, 4) is 5.75 Å². The van der Waals surface area contributed by atoms with Crippen LogP contribution >= 0.6 is 0 Å². The zero-order valence-electron chi connectivity index (χ0n) is 9.51. The summed E-state index contributed by atoms with van der Waals surface area (Å²) in [6.07, 6.45) is 0. The van der Waals surface area contributed by atoms with Crippen LogP contribution in [0.5, 0.6) is 5.75 Å². The predicted molar refractivity (Wildman–Crippen MR) is 56.3 cm³/mol. The second kappa shape index (κ2) is 4.76. The van der Waals surface area contributed by atoms with Gasteiger partial charge in [-0.25, -0.2) is 8.78 Å². The molecule has 0 radical (unpaired) electrons. The minimum Gasteiger partial charge on any atom is -0.496 e. The van der Waals surface area contributed by atoms with Crippen LogP contribution in [-0.2, 0) is 10.3 Å². The molecule has 2 N–H and O–H groups in total. The number of hydrogen-bond acceptors (Lipinski definition) is 3. The largest absolute Gasteiger partial charge is 0.496 e. The Kier molecular flexibility index (Phi) is 3.83. The Morgan fingerprint density at radius 2 is 1.94 bits per heavy atom. The van der Waals surface area contributed by atoms with Crippen molar-refractivity contribution in [3.63, 3.8) is 0 Å². The van der Waals surface area contributed by atoms with Crippen molar-refractivity contribution < 1.29 is 18.3 Å². The molecule has 90 valence electrons. The van der Waals surface area contributed by atoms with Crippen molar-refractivity contribution >= 4 is 0 Å². The normalized spacial score (nSPS) is 14.6. The molecule has 0 heterocycles. The molecule has 0 fully saturated rings. The van der Waals surface area contributed by atoms with Crippen molar-refractivity contribution in [2.24, 2.45) is 5.73 Å². The van der Waals surface area contributed by atoms with E-state index in [1.807, 2.05) is 0 Å². The van der Waals surface area contributed by atoms with E-state index in [1.54, 1.807) is 6.92 Å². The van der Waals surface area contributed by atoms with E-state index in [2.05, 4.69) is 0 Å². The molecular weight excluding hydrogens is 216 g/mol. The van der Waals surface area contributed by atoms with Gasteiger partial charge >= 0.3 is 0 Å². The average molecular weight is 231 g/mol. The van der Waals surface area contributed by atoms with Crippen LogP contribution in [0.3, 0.4) is 0 Å². The van der Waals surface area contributed by atoms with Crippen LogP contribution < -0.4 is 10.5 Å². The molecule has 0 bridgehead atoms. The van der Waals surface area contributed by atoms with Gasteiger partial charge in [0, 0.05) is 25.8 Å². The molecule has 5 heteroatoms. The van der Waals surface area contributed by atoms with Gasteiger partial charge in [0.1, 0.15) is 23.0 Å². The third kappa shape index (κ3) is 2.15. The van der Waals surface area contributed by atoms with Gasteiger partial charge in [0.25, 0.3) is 0 Å². The highest BCUT2D eigenvalue weighted by atomic mass is 19.1. The van der Waals surface area contributed by atoms with Gasteiger partial charge in [0.2, 0.25) is 0 Å². The molecule has 1 aromatic rings. The van der Waals surface area contributed by atoms with E-state index in [0.29, 0.717) is 0 Å². The number of benzene rings is 1. The molecule has 3 nitrogen and oxygen atoms in total. The van der Waals surface area contributed by atoms with Gasteiger partial charge in [-0.15, -0.1) is 0 Å². The highest BCUT2D eigenvalue weighted by Crippen LogP contribution is 2.34. The Morgan fingerprint density at radius 1 is 1.31 bits per heavy atom. The molecule has 1 aromatic carbocycles. The first-order valence-electron chi connectivity index (χ1n) is 4.77. The lowest BCUT2D eigenvalue weighted by atomic mass is 9.94. The molecule has 0 aliphatic carbocycles. The molecular formula is C11H15F2NO2. The molecule has 0 amide bonds. The number of hydrogen-bond donors (Lipinski definition) is 1. The van der Waals surface area contributed by atoms with Gasteiger partial charge in [-0.2, -0.15) is 0 Å². The van der Waals surface area contributed by atoms with Crippen LogP contribution in [-0.4, -0.2) is 20.8 Å². The molecule has 16 heavy (non-hydrogen) atoms. The minimum absolute atomic E-state index is 0.0579. The van der Waals surface area contributed by atoms with E-state index < -0.39 is 17.2 Å². The number of nitrogens with two attached hydrogens (primary N) is 1. The zero-order valence-corrected chi connectivity index (χ0v) is 9.51. The van der Waals surface area contributed by atoms with Gasteiger partial charge < -0.3 is 15.2 Å². The Bertz CT molecular complexity index is 378. The maximum Gasteiger partial charge on any atom is 0.135 e. The molecule has 0 aliphatic rings. The van der Waals surface area contributed by atoms with Crippen LogP contribution in [0.4, 0.5) is 8.78 Å². The third-order valence-electron chi connectivity index (χ3n) is 2.61. The van der Waals surface area contributed by atoms with Gasteiger partial charge in [0.15, 0.2) is 0 Å². The zero-order chi connectivity index (χ0) is 12.3. The van der Waals surface area contributed by atoms with Gasteiger partial charge in [0.05, 0.1) is 12.7 Å². The smallest absolute Gasteiger partial charge is 0.135 e. The molecule has 1 atom stereocenters. The van der Waals surface area contributed by atoms with E-state index in [-0.39, 0.29) is 17.9 Å². The summed E-state index contributed by atoms with van der Waals surface area (Å²) in [4.78, 5) is 0. The van der Waals surface area contributed by atoms with Crippen molar-refractivity contribution in [2.75, 3.05) is 20.8 Å². The summed E-state index contributed by atoms with van der Waals surface area (Å²) < 4.78 is 36.8. The van der Waals surface area contributed by atoms with Gasteiger partial charge in [-0.05, 0) is 6.92 Å². The second-order valence-corrected chi connectivity index (χ2v) is 3.60. The van der Waals surface area contributed by atoms with Crippen LogP contribution in [0.15, 0.2) is 12.1 Å². The highest BCUT2D eigenvalue weighted by molar-refractivity contribution is 5.40.